The third kappa shape index (κ3) is 3.84. The molecule has 2 aromatic carbocycles. The first-order valence-electron chi connectivity index (χ1n) is 9.86. The number of fused-ring (bicyclic) bond motifs is 2. The SMILES string of the molecule is CN=C(NCCc1c[nH]c2ccccc12)NC1CC(C)(C)Oc2ccccc21. The molecule has 0 saturated heterocycles. The van der Waals surface area contributed by atoms with Crippen LogP contribution in [0, 0.1) is 0 Å². The van der Waals surface area contributed by atoms with Crippen LogP contribution in [0.5, 0.6) is 5.75 Å². The number of nitrogens with one attached hydrogen (secondary N) is 3. The molecule has 1 aliphatic heterocycles. The molecule has 4 rings (SSSR count). The lowest BCUT2D eigenvalue weighted by Crippen LogP contribution is -2.45. The highest BCUT2D eigenvalue weighted by atomic mass is 16.5. The van der Waals surface area contributed by atoms with E-state index in [9.17, 15) is 0 Å². The smallest absolute Gasteiger partial charge is 0.191 e. The maximum atomic E-state index is 6.13. The average Bonchev–Trinajstić information content (AvgIpc) is 3.09. The van der Waals surface area contributed by atoms with Crippen molar-refractivity contribution in [2.45, 2.75) is 38.3 Å². The molecule has 5 nitrogen and oxygen atoms in total. The monoisotopic (exact) mass is 376 g/mol. The number of aromatic amines is 1. The number of hydrogen-bond acceptors (Lipinski definition) is 2. The Labute approximate surface area is 166 Å². The van der Waals surface area contributed by atoms with E-state index in [4.69, 9.17) is 4.74 Å². The highest BCUT2D eigenvalue weighted by molar-refractivity contribution is 5.83. The summed E-state index contributed by atoms with van der Waals surface area (Å²) in [5.41, 5.74) is 3.47. The van der Waals surface area contributed by atoms with E-state index in [1.54, 1.807) is 0 Å². The Hall–Kier alpha value is -2.95. The van der Waals surface area contributed by atoms with Gasteiger partial charge in [0.05, 0.1) is 6.04 Å². The Morgan fingerprint density at radius 1 is 1.18 bits per heavy atom. The molecule has 0 amide bonds. The topological polar surface area (TPSA) is 61.4 Å². The minimum Gasteiger partial charge on any atom is -0.487 e. The Morgan fingerprint density at radius 3 is 2.82 bits per heavy atom. The van der Waals surface area contributed by atoms with Gasteiger partial charge in [0.2, 0.25) is 0 Å². The number of guanidine groups is 1. The van der Waals surface area contributed by atoms with Crippen LogP contribution < -0.4 is 15.4 Å². The van der Waals surface area contributed by atoms with Gasteiger partial charge in [-0.2, -0.15) is 0 Å². The third-order valence-electron chi connectivity index (χ3n) is 5.27. The van der Waals surface area contributed by atoms with Gasteiger partial charge in [-0.05, 0) is 38.0 Å². The number of benzene rings is 2. The summed E-state index contributed by atoms with van der Waals surface area (Å²) in [5.74, 6) is 1.77. The molecule has 146 valence electrons. The number of aliphatic imine (C=N–C) groups is 1. The van der Waals surface area contributed by atoms with Crippen LogP contribution in [0.15, 0.2) is 59.7 Å². The number of para-hydroxylation sites is 2. The molecule has 5 heteroatoms. The lowest BCUT2D eigenvalue weighted by atomic mass is 9.90. The second kappa shape index (κ2) is 7.58. The third-order valence-corrected chi connectivity index (χ3v) is 5.27. The fourth-order valence-electron chi connectivity index (χ4n) is 3.94. The summed E-state index contributed by atoms with van der Waals surface area (Å²) < 4.78 is 6.13. The summed E-state index contributed by atoms with van der Waals surface area (Å²) in [7, 11) is 1.82. The maximum Gasteiger partial charge on any atom is 0.191 e. The van der Waals surface area contributed by atoms with E-state index < -0.39 is 0 Å². The van der Waals surface area contributed by atoms with Crippen LogP contribution in [0.3, 0.4) is 0 Å². The van der Waals surface area contributed by atoms with Crippen molar-refractivity contribution >= 4 is 16.9 Å². The van der Waals surface area contributed by atoms with Crippen molar-refractivity contribution in [3.63, 3.8) is 0 Å². The zero-order valence-corrected chi connectivity index (χ0v) is 16.8. The molecule has 1 aromatic heterocycles. The average molecular weight is 377 g/mol. The van der Waals surface area contributed by atoms with Gasteiger partial charge in [0.25, 0.3) is 0 Å². The normalized spacial score (nSPS) is 18.4. The number of hydrogen-bond donors (Lipinski definition) is 3. The molecule has 0 saturated carbocycles. The van der Waals surface area contributed by atoms with Crippen LogP contribution in [-0.4, -0.2) is 30.1 Å². The zero-order chi connectivity index (χ0) is 19.6. The van der Waals surface area contributed by atoms with Gasteiger partial charge in [0.15, 0.2) is 5.96 Å². The molecule has 3 N–H and O–H groups in total. The highest BCUT2D eigenvalue weighted by Crippen LogP contribution is 2.39. The molecule has 0 aliphatic carbocycles. The fourth-order valence-corrected chi connectivity index (χ4v) is 3.94. The Morgan fingerprint density at radius 2 is 1.96 bits per heavy atom. The lowest BCUT2D eigenvalue weighted by molar-refractivity contribution is 0.0694. The van der Waals surface area contributed by atoms with E-state index in [1.165, 1.54) is 22.0 Å². The van der Waals surface area contributed by atoms with Gasteiger partial charge in [0, 0.05) is 42.7 Å². The second-order valence-corrected chi connectivity index (χ2v) is 7.91. The van der Waals surface area contributed by atoms with Crippen molar-refractivity contribution in [1.82, 2.24) is 15.6 Å². The molecule has 1 aliphatic rings. The zero-order valence-electron chi connectivity index (χ0n) is 16.8. The summed E-state index contributed by atoms with van der Waals surface area (Å²) in [6.45, 7) is 5.07. The van der Waals surface area contributed by atoms with Crippen molar-refractivity contribution < 1.29 is 4.74 Å². The van der Waals surface area contributed by atoms with Crippen LogP contribution in [0.4, 0.5) is 0 Å². The number of nitrogens with zero attached hydrogens (tertiary/aromatic N) is 1. The highest BCUT2D eigenvalue weighted by Gasteiger charge is 2.33. The number of ether oxygens (including phenoxy) is 1. The van der Waals surface area contributed by atoms with Gasteiger partial charge < -0.3 is 20.4 Å². The van der Waals surface area contributed by atoms with E-state index in [0.29, 0.717) is 0 Å². The molecule has 28 heavy (non-hydrogen) atoms. The van der Waals surface area contributed by atoms with Gasteiger partial charge in [0.1, 0.15) is 11.4 Å². The first kappa shape index (κ1) is 18.4. The molecule has 3 aromatic rings. The molecule has 1 atom stereocenters. The lowest BCUT2D eigenvalue weighted by Gasteiger charge is -2.38. The quantitative estimate of drug-likeness (QED) is 0.473. The molecular formula is C23H28N4O. The predicted octanol–water partition coefficient (Wildman–Crippen LogP) is 4.18. The van der Waals surface area contributed by atoms with Crippen molar-refractivity contribution in [3.8, 4) is 5.75 Å². The van der Waals surface area contributed by atoms with Crippen molar-refractivity contribution in [2.75, 3.05) is 13.6 Å². The number of aromatic nitrogens is 1. The van der Waals surface area contributed by atoms with Crippen molar-refractivity contribution in [3.05, 3.63) is 65.9 Å². The van der Waals surface area contributed by atoms with Gasteiger partial charge in [-0.3, -0.25) is 4.99 Å². The number of rotatable bonds is 4. The van der Waals surface area contributed by atoms with E-state index in [-0.39, 0.29) is 11.6 Å². The summed E-state index contributed by atoms with van der Waals surface area (Å²) in [4.78, 5) is 7.77. The van der Waals surface area contributed by atoms with Gasteiger partial charge in [-0.1, -0.05) is 36.4 Å². The maximum absolute atomic E-state index is 6.13. The Bertz CT molecular complexity index is 989. The van der Waals surface area contributed by atoms with Gasteiger partial charge in [-0.15, -0.1) is 0 Å². The minimum atomic E-state index is -0.213. The van der Waals surface area contributed by atoms with Crippen LogP contribution in [0.25, 0.3) is 10.9 Å². The second-order valence-electron chi connectivity index (χ2n) is 7.91. The summed E-state index contributed by atoms with van der Waals surface area (Å²) in [6, 6.07) is 16.8. The predicted molar refractivity (Wildman–Crippen MR) is 115 cm³/mol. The molecule has 1 unspecified atom stereocenters. The van der Waals surface area contributed by atoms with E-state index in [0.717, 1.165) is 31.1 Å². The summed E-state index contributed by atoms with van der Waals surface area (Å²) in [5, 5.41) is 8.33. The molecule has 2 heterocycles. The Kier molecular flexibility index (Phi) is 4.99. The van der Waals surface area contributed by atoms with Gasteiger partial charge >= 0.3 is 0 Å². The van der Waals surface area contributed by atoms with Crippen molar-refractivity contribution in [2.24, 2.45) is 4.99 Å². The van der Waals surface area contributed by atoms with Crippen LogP contribution >= 0.6 is 0 Å². The Balaban J connectivity index is 1.41. The summed E-state index contributed by atoms with van der Waals surface area (Å²) in [6.07, 6.45) is 3.91. The molecule has 0 fully saturated rings. The fraction of sp³-hybridized carbons (Fsp3) is 0.348. The molecular weight excluding hydrogens is 348 g/mol. The summed E-state index contributed by atoms with van der Waals surface area (Å²) >= 11 is 0. The molecule has 0 bridgehead atoms. The first-order valence-corrected chi connectivity index (χ1v) is 9.86. The van der Waals surface area contributed by atoms with Crippen molar-refractivity contribution in [1.29, 1.82) is 0 Å². The first-order chi connectivity index (χ1) is 13.6. The molecule has 0 spiro atoms. The van der Waals surface area contributed by atoms with Crippen LogP contribution in [0.2, 0.25) is 0 Å². The van der Waals surface area contributed by atoms with E-state index in [2.05, 4.69) is 77.1 Å². The number of H-pyrrole nitrogens is 1. The van der Waals surface area contributed by atoms with Gasteiger partial charge in [-0.25, -0.2) is 0 Å². The standard InChI is InChI=1S/C23H28N4O/c1-23(2)14-20(18-9-5-7-11-21(18)28-23)27-22(24-3)25-13-12-16-15-26-19-10-6-4-8-17(16)19/h4-11,15,20,26H,12-14H2,1-3H3,(H2,24,25,27). The van der Waals surface area contributed by atoms with Crippen LogP contribution in [-0.2, 0) is 6.42 Å². The minimum absolute atomic E-state index is 0.166. The largest absolute Gasteiger partial charge is 0.487 e. The molecule has 0 radical (unpaired) electrons. The van der Waals surface area contributed by atoms with E-state index >= 15 is 0 Å². The van der Waals surface area contributed by atoms with E-state index in [1.807, 2.05) is 19.2 Å². The van der Waals surface area contributed by atoms with Crippen LogP contribution in [0.1, 0.15) is 37.4 Å².